The highest BCUT2D eigenvalue weighted by molar-refractivity contribution is 6.31. The standard InChI is InChI=1S/C10H13ClFNO/c1-7(13)5-14-6-8-9(11)3-2-4-10(8)12/h2-4,7H,5-6,13H2,1H3/t7-/m0/s1. The van der Waals surface area contributed by atoms with Crippen molar-refractivity contribution in [3.63, 3.8) is 0 Å². The zero-order valence-electron chi connectivity index (χ0n) is 7.97. The number of hydrogen-bond acceptors (Lipinski definition) is 2. The summed E-state index contributed by atoms with van der Waals surface area (Å²) in [5.74, 6) is -0.345. The Balaban J connectivity index is 2.58. The van der Waals surface area contributed by atoms with E-state index in [4.69, 9.17) is 22.1 Å². The van der Waals surface area contributed by atoms with Crippen molar-refractivity contribution in [1.82, 2.24) is 0 Å². The van der Waals surface area contributed by atoms with Gasteiger partial charge in [-0.25, -0.2) is 4.39 Å². The summed E-state index contributed by atoms with van der Waals surface area (Å²) < 4.78 is 18.4. The fraction of sp³-hybridized carbons (Fsp3) is 0.400. The summed E-state index contributed by atoms with van der Waals surface area (Å²) in [6, 6.07) is 4.50. The van der Waals surface area contributed by atoms with Crippen molar-refractivity contribution in [2.75, 3.05) is 6.61 Å². The molecule has 0 aliphatic heterocycles. The third-order valence-corrected chi connectivity index (χ3v) is 2.04. The molecule has 0 bridgehead atoms. The maximum atomic E-state index is 13.2. The van der Waals surface area contributed by atoms with Crippen molar-refractivity contribution in [2.45, 2.75) is 19.6 Å². The number of nitrogens with two attached hydrogens (primary N) is 1. The van der Waals surface area contributed by atoms with Gasteiger partial charge in [-0.2, -0.15) is 0 Å². The molecule has 1 aromatic carbocycles. The average Bonchev–Trinajstić information content (AvgIpc) is 2.09. The van der Waals surface area contributed by atoms with E-state index in [-0.39, 0.29) is 18.5 Å². The Morgan fingerprint density at radius 2 is 2.29 bits per heavy atom. The van der Waals surface area contributed by atoms with E-state index in [1.54, 1.807) is 12.1 Å². The maximum absolute atomic E-state index is 13.2. The van der Waals surface area contributed by atoms with Crippen LogP contribution >= 0.6 is 11.6 Å². The van der Waals surface area contributed by atoms with Crippen molar-refractivity contribution in [3.05, 3.63) is 34.6 Å². The lowest BCUT2D eigenvalue weighted by Gasteiger charge is -2.08. The number of hydrogen-bond donors (Lipinski definition) is 1. The number of rotatable bonds is 4. The topological polar surface area (TPSA) is 35.2 Å². The molecule has 2 nitrogen and oxygen atoms in total. The van der Waals surface area contributed by atoms with Gasteiger partial charge in [0.25, 0.3) is 0 Å². The summed E-state index contributed by atoms with van der Waals surface area (Å²) in [7, 11) is 0. The molecule has 0 radical (unpaired) electrons. The zero-order chi connectivity index (χ0) is 10.6. The Morgan fingerprint density at radius 3 is 2.86 bits per heavy atom. The second kappa shape index (κ2) is 5.29. The Hall–Kier alpha value is -0.640. The molecule has 0 aliphatic carbocycles. The SMILES string of the molecule is C[C@H](N)COCc1c(F)cccc1Cl. The number of benzene rings is 1. The quantitative estimate of drug-likeness (QED) is 0.840. The number of halogens is 2. The summed E-state index contributed by atoms with van der Waals surface area (Å²) in [4.78, 5) is 0. The van der Waals surface area contributed by atoms with Gasteiger partial charge in [0, 0.05) is 16.6 Å². The summed E-state index contributed by atoms with van der Waals surface area (Å²) in [5.41, 5.74) is 5.87. The first-order valence-electron chi connectivity index (χ1n) is 4.37. The van der Waals surface area contributed by atoms with Gasteiger partial charge in [-0.15, -0.1) is 0 Å². The molecule has 0 saturated heterocycles. The highest BCUT2D eigenvalue weighted by Crippen LogP contribution is 2.19. The molecule has 0 fully saturated rings. The molecule has 0 amide bonds. The molecule has 14 heavy (non-hydrogen) atoms. The predicted molar refractivity (Wildman–Crippen MR) is 54.7 cm³/mol. The Bertz CT molecular complexity index is 284. The van der Waals surface area contributed by atoms with E-state index in [0.717, 1.165) is 0 Å². The van der Waals surface area contributed by atoms with E-state index in [9.17, 15) is 4.39 Å². The molecule has 1 aromatic rings. The van der Waals surface area contributed by atoms with E-state index in [1.165, 1.54) is 6.07 Å². The normalized spacial score (nSPS) is 12.9. The first kappa shape index (κ1) is 11.4. The largest absolute Gasteiger partial charge is 0.375 e. The molecule has 4 heteroatoms. The van der Waals surface area contributed by atoms with Crippen LogP contribution in [0.15, 0.2) is 18.2 Å². The molecule has 0 aliphatic rings. The van der Waals surface area contributed by atoms with Crippen LogP contribution in [-0.4, -0.2) is 12.6 Å². The van der Waals surface area contributed by atoms with Crippen molar-refractivity contribution in [2.24, 2.45) is 5.73 Å². The highest BCUT2D eigenvalue weighted by atomic mass is 35.5. The first-order valence-corrected chi connectivity index (χ1v) is 4.75. The van der Waals surface area contributed by atoms with Gasteiger partial charge in [0.15, 0.2) is 0 Å². The monoisotopic (exact) mass is 217 g/mol. The molecule has 0 unspecified atom stereocenters. The van der Waals surface area contributed by atoms with E-state index >= 15 is 0 Å². The Morgan fingerprint density at radius 1 is 1.57 bits per heavy atom. The average molecular weight is 218 g/mol. The van der Waals surface area contributed by atoms with Gasteiger partial charge in [-0.05, 0) is 19.1 Å². The molecule has 0 heterocycles. The molecular formula is C10H13ClFNO. The summed E-state index contributed by atoms with van der Waals surface area (Å²) in [6.07, 6.45) is 0. The molecule has 0 aromatic heterocycles. The minimum absolute atomic E-state index is 0.0550. The van der Waals surface area contributed by atoms with Crippen LogP contribution in [0.1, 0.15) is 12.5 Å². The van der Waals surface area contributed by atoms with E-state index in [0.29, 0.717) is 17.2 Å². The lowest BCUT2D eigenvalue weighted by Crippen LogP contribution is -2.21. The van der Waals surface area contributed by atoms with Gasteiger partial charge in [0.1, 0.15) is 5.82 Å². The fourth-order valence-electron chi connectivity index (χ4n) is 1.02. The molecule has 2 N–H and O–H groups in total. The van der Waals surface area contributed by atoms with Gasteiger partial charge in [-0.3, -0.25) is 0 Å². The van der Waals surface area contributed by atoms with Crippen LogP contribution in [0.5, 0.6) is 0 Å². The Labute approximate surface area is 87.8 Å². The summed E-state index contributed by atoms with van der Waals surface area (Å²) >= 11 is 5.79. The van der Waals surface area contributed by atoms with Gasteiger partial charge >= 0.3 is 0 Å². The molecule has 1 atom stereocenters. The van der Waals surface area contributed by atoms with Crippen LogP contribution in [0, 0.1) is 5.82 Å². The van der Waals surface area contributed by atoms with Gasteiger partial charge in [0.05, 0.1) is 13.2 Å². The van der Waals surface area contributed by atoms with E-state index in [2.05, 4.69) is 0 Å². The lowest BCUT2D eigenvalue weighted by molar-refractivity contribution is 0.109. The minimum atomic E-state index is -0.345. The van der Waals surface area contributed by atoms with Gasteiger partial charge < -0.3 is 10.5 Å². The van der Waals surface area contributed by atoms with Crippen molar-refractivity contribution < 1.29 is 9.13 Å². The second-order valence-electron chi connectivity index (χ2n) is 3.19. The summed E-state index contributed by atoms with van der Waals surface area (Å²) in [5, 5.41) is 0.384. The fourth-order valence-corrected chi connectivity index (χ4v) is 1.23. The predicted octanol–water partition coefficient (Wildman–Crippen LogP) is 2.34. The third kappa shape index (κ3) is 3.25. The lowest BCUT2D eigenvalue weighted by atomic mass is 10.2. The van der Waals surface area contributed by atoms with Crippen LogP contribution in [-0.2, 0) is 11.3 Å². The summed E-state index contributed by atoms with van der Waals surface area (Å²) in [6.45, 7) is 2.38. The van der Waals surface area contributed by atoms with Crippen molar-refractivity contribution in [3.8, 4) is 0 Å². The van der Waals surface area contributed by atoms with Crippen LogP contribution < -0.4 is 5.73 Å². The molecule has 0 saturated carbocycles. The minimum Gasteiger partial charge on any atom is -0.375 e. The number of ether oxygens (including phenoxy) is 1. The van der Waals surface area contributed by atoms with Crippen LogP contribution in [0.25, 0.3) is 0 Å². The van der Waals surface area contributed by atoms with E-state index in [1.807, 2.05) is 6.92 Å². The van der Waals surface area contributed by atoms with Crippen LogP contribution in [0.3, 0.4) is 0 Å². The Kier molecular flexibility index (Phi) is 4.32. The smallest absolute Gasteiger partial charge is 0.130 e. The molecule has 1 rings (SSSR count). The highest BCUT2D eigenvalue weighted by Gasteiger charge is 2.06. The van der Waals surface area contributed by atoms with Crippen LogP contribution in [0.4, 0.5) is 4.39 Å². The molecule has 0 spiro atoms. The maximum Gasteiger partial charge on any atom is 0.130 e. The molecule has 78 valence electrons. The second-order valence-corrected chi connectivity index (χ2v) is 3.60. The molecular weight excluding hydrogens is 205 g/mol. The first-order chi connectivity index (χ1) is 6.61. The zero-order valence-corrected chi connectivity index (χ0v) is 8.72. The van der Waals surface area contributed by atoms with Gasteiger partial charge in [-0.1, -0.05) is 17.7 Å². The third-order valence-electron chi connectivity index (χ3n) is 1.69. The van der Waals surface area contributed by atoms with Crippen LogP contribution in [0.2, 0.25) is 5.02 Å². The van der Waals surface area contributed by atoms with Crippen molar-refractivity contribution >= 4 is 11.6 Å². The van der Waals surface area contributed by atoms with E-state index < -0.39 is 0 Å². The van der Waals surface area contributed by atoms with Crippen molar-refractivity contribution in [1.29, 1.82) is 0 Å². The van der Waals surface area contributed by atoms with Gasteiger partial charge in [0.2, 0.25) is 0 Å².